The number of aryl methyl sites for hydroxylation is 1. The molecule has 1 aromatic carbocycles. The number of hydrogen-bond donors (Lipinski definition) is 1. The van der Waals surface area contributed by atoms with Crippen LogP contribution in [0, 0.1) is 0 Å². The van der Waals surface area contributed by atoms with E-state index in [0.717, 1.165) is 56.8 Å². The Morgan fingerprint density at radius 1 is 0.971 bits per heavy atom. The molecule has 0 bridgehead atoms. The van der Waals surface area contributed by atoms with Crippen molar-refractivity contribution in [2.75, 3.05) is 13.2 Å². The standard InChI is InChI=1S/C29H43NO4/c1-6-8-10-11-18-30-26-21-24(31)15-16-25(26)27(28(29(30)32)33-19-9-7-2)34-20-17-23(5)14-12-13-22(3)4/h13,15-17,21,31H,6-12,14,18-20H2,1-5H3/b23-17+. The van der Waals surface area contributed by atoms with E-state index >= 15 is 0 Å². The molecule has 2 rings (SSSR count). The van der Waals surface area contributed by atoms with E-state index in [9.17, 15) is 9.90 Å². The van der Waals surface area contributed by atoms with Crippen LogP contribution in [0.1, 0.15) is 86.0 Å². The highest BCUT2D eigenvalue weighted by Gasteiger charge is 2.20. The van der Waals surface area contributed by atoms with Gasteiger partial charge < -0.3 is 19.1 Å². The molecule has 0 amide bonds. The van der Waals surface area contributed by atoms with Gasteiger partial charge in [-0.2, -0.15) is 0 Å². The third-order valence-corrected chi connectivity index (χ3v) is 5.89. The fourth-order valence-electron chi connectivity index (χ4n) is 3.85. The summed E-state index contributed by atoms with van der Waals surface area (Å²) in [4.78, 5) is 13.5. The topological polar surface area (TPSA) is 60.7 Å². The highest BCUT2D eigenvalue weighted by molar-refractivity contribution is 5.89. The van der Waals surface area contributed by atoms with Crippen LogP contribution < -0.4 is 15.0 Å². The van der Waals surface area contributed by atoms with Gasteiger partial charge in [0.2, 0.25) is 5.75 Å². The third kappa shape index (κ3) is 8.27. The quantitative estimate of drug-likeness (QED) is 0.216. The Labute approximate surface area is 205 Å². The molecule has 0 saturated heterocycles. The first-order chi connectivity index (χ1) is 16.4. The molecule has 0 aliphatic carbocycles. The second-order valence-electron chi connectivity index (χ2n) is 9.26. The van der Waals surface area contributed by atoms with Crippen LogP contribution in [-0.4, -0.2) is 22.9 Å². The number of phenols is 1. The van der Waals surface area contributed by atoms with Crippen LogP contribution in [0.5, 0.6) is 17.2 Å². The smallest absolute Gasteiger partial charge is 0.297 e. The van der Waals surface area contributed by atoms with Crippen molar-refractivity contribution in [2.24, 2.45) is 0 Å². The lowest BCUT2D eigenvalue weighted by Gasteiger charge is -2.18. The van der Waals surface area contributed by atoms with Gasteiger partial charge in [-0.25, -0.2) is 0 Å². The molecular weight excluding hydrogens is 426 g/mol. The van der Waals surface area contributed by atoms with Gasteiger partial charge in [-0.05, 0) is 64.7 Å². The predicted octanol–water partition coefficient (Wildman–Crippen LogP) is 7.54. The molecule has 34 heavy (non-hydrogen) atoms. The lowest BCUT2D eigenvalue weighted by atomic mass is 10.1. The second-order valence-corrected chi connectivity index (χ2v) is 9.26. The number of phenolic OH excluding ortho intramolecular Hbond substituents is 1. The summed E-state index contributed by atoms with van der Waals surface area (Å²) in [6.45, 7) is 12.0. The van der Waals surface area contributed by atoms with Crippen molar-refractivity contribution >= 4 is 10.9 Å². The zero-order valence-corrected chi connectivity index (χ0v) is 21.8. The van der Waals surface area contributed by atoms with E-state index < -0.39 is 0 Å². The van der Waals surface area contributed by atoms with Gasteiger partial charge in [0.15, 0.2) is 5.75 Å². The Balaban J connectivity index is 2.41. The summed E-state index contributed by atoms with van der Waals surface area (Å²) >= 11 is 0. The molecule has 1 aromatic heterocycles. The molecule has 0 radical (unpaired) electrons. The Morgan fingerprint density at radius 3 is 2.44 bits per heavy atom. The van der Waals surface area contributed by atoms with Gasteiger partial charge in [0.05, 0.1) is 12.1 Å². The molecule has 0 atom stereocenters. The van der Waals surface area contributed by atoms with Crippen molar-refractivity contribution in [1.29, 1.82) is 0 Å². The Hall–Kier alpha value is -2.69. The normalized spacial score (nSPS) is 11.6. The van der Waals surface area contributed by atoms with Crippen LogP contribution in [0.25, 0.3) is 10.9 Å². The van der Waals surface area contributed by atoms with E-state index in [4.69, 9.17) is 9.47 Å². The van der Waals surface area contributed by atoms with Crippen molar-refractivity contribution < 1.29 is 14.6 Å². The van der Waals surface area contributed by atoms with Gasteiger partial charge in [-0.15, -0.1) is 0 Å². The summed E-state index contributed by atoms with van der Waals surface area (Å²) in [7, 11) is 0. The van der Waals surface area contributed by atoms with E-state index in [2.05, 4.69) is 46.8 Å². The lowest BCUT2D eigenvalue weighted by molar-refractivity contribution is 0.274. The van der Waals surface area contributed by atoms with Crippen molar-refractivity contribution in [3.05, 3.63) is 51.9 Å². The number of benzene rings is 1. The molecule has 1 heterocycles. The average molecular weight is 470 g/mol. The van der Waals surface area contributed by atoms with Crippen LogP contribution in [0.15, 0.2) is 46.3 Å². The van der Waals surface area contributed by atoms with Gasteiger partial charge in [0, 0.05) is 18.0 Å². The first kappa shape index (κ1) is 27.6. The number of ether oxygens (including phenoxy) is 2. The molecule has 0 saturated carbocycles. The summed E-state index contributed by atoms with van der Waals surface area (Å²) in [5, 5.41) is 10.9. The number of unbranched alkanes of at least 4 members (excludes halogenated alkanes) is 4. The second kappa shape index (κ2) is 14.5. The number of rotatable bonds is 15. The number of pyridine rings is 1. The van der Waals surface area contributed by atoms with E-state index in [0.29, 0.717) is 31.0 Å². The minimum absolute atomic E-state index is 0.134. The van der Waals surface area contributed by atoms with Gasteiger partial charge in [-0.3, -0.25) is 4.79 Å². The van der Waals surface area contributed by atoms with E-state index in [1.165, 1.54) is 11.1 Å². The van der Waals surface area contributed by atoms with Gasteiger partial charge >= 0.3 is 0 Å². The third-order valence-electron chi connectivity index (χ3n) is 5.89. The maximum absolute atomic E-state index is 13.5. The Bertz CT molecular complexity index is 1030. The number of nitrogens with zero attached hydrogens (tertiary/aromatic N) is 1. The maximum atomic E-state index is 13.5. The van der Waals surface area contributed by atoms with Crippen molar-refractivity contribution in [2.45, 2.75) is 92.5 Å². The molecule has 5 heteroatoms. The number of hydrogen-bond acceptors (Lipinski definition) is 4. The number of aromatic hydroxyl groups is 1. The highest BCUT2D eigenvalue weighted by atomic mass is 16.5. The predicted molar refractivity (Wildman–Crippen MR) is 142 cm³/mol. The highest BCUT2D eigenvalue weighted by Crippen LogP contribution is 2.35. The average Bonchev–Trinajstić information content (AvgIpc) is 2.79. The first-order valence-corrected chi connectivity index (χ1v) is 12.8. The summed E-state index contributed by atoms with van der Waals surface area (Å²) < 4.78 is 13.9. The van der Waals surface area contributed by atoms with E-state index in [-0.39, 0.29) is 17.1 Å². The zero-order chi connectivity index (χ0) is 24.9. The molecule has 188 valence electrons. The molecule has 0 fully saturated rings. The SMILES string of the molecule is CCCCCCn1c(=O)c(OCCCC)c(OC/C=C(\C)CCC=C(C)C)c2ccc(O)cc21. The maximum Gasteiger partial charge on any atom is 0.297 e. The minimum Gasteiger partial charge on any atom is -0.508 e. The molecule has 2 aromatic rings. The van der Waals surface area contributed by atoms with Crippen molar-refractivity contribution in [3.63, 3.8) is 0 Å². The summed E-state index contributed by atoms with van der Waals surface area (Å²) in [5.74, 6) is 0.877. The molecular formula is C29H43NO4. The van der Waals surface area contributed by atoms with E-state index in [1.807, 2.05) is 6.07 Å². The fourth-order valence-corrected chi connectivity index (χ4v) is 3.85. The molecule has 0 aliphatic heterocycles. The van der Waals surface area contributed by atoms with Crippen molar-refractivity contribution in [3.8, 4) is 17.2 Å². The zero-order valence-electron chi connectivity index (χ0n) is 21.8. The van der Waals surface area contributed by atoms with E-state index in [1.54, 1.807) is 16.7 Å². The van der Waals surface area contributed by atoms with Gasteiger partial charge in [0.25, 0.3) is 5.56 Å². The summed E-state index contributed by atoms with van der Waals surface area (Å²) in [5.41, 5.74) is 3.06. The van der Waals surface area contributed by atoms with Crippen LogP contribution in [0.3, 0.4) is 0 Å². The van der Waals surface area contributed by atoms with Crippen LogP contribution >= 0.6 is 0 Å². The largest absolute Gasteiger partial charge is 0.508 e. The Kier molecular flexibility index (Phi) is 11.8. The monoisotopic (exact) mass is 469 g/mol. The molecule has 5 nitrogen and oxygen atoms in total. The molecule has 0 aliphatic rings. The molecule has 0 spiro atoms. The molecule has 0 unspecified atom stereocenters. The fraction of sp³-hybridized carbons (Fsp3) is 0.552. The number of allylic oxidation sites excluding steroid dienone is 3. The lowest BCUT2D eigenvalue weighted by Crippen LogP contribution is -2.24. The Morgan fingerprint density at radius 2 is 1.74 bits per heavy atom. The first-order valence-electron chi connectivity index (χ1n) is 12.8. The number of aromatic nitrogens is 1. The van der Waals surface area contributed by atoms with Gasteiger partial charge in [0.1, 0.15) is 12.4 Å². The minimum atomic E-state index is -0.190. The van der Waals surface area contributed by atoms with Crippen LogP contribution in [0.4, 0.5) is 0 Å². The summed E-state index contributed by atoms with van der Waals surface area (Å²) in [6, 6.07) is 5.11. The van der Waals surface area contributed by atoms with Crippen molar-refractivity contribution in [1.82, 2.24) is 4.57 Å². The van der Waals surface area contributed by atoms with Crippen LogP contribution in [-0.2, 0) is 6.54 Å². The summed E-state index contributed by atoms with van der Waals surface area (Å²) in [6.07, 6.45) is 12.4. The number of fused-ring (bicyclic) bond motifs is 1. The van der Waals surface area contributed by atoms with Gasteiger partial charge in [-0.1, -0.05) is 56.8 Å². The molecule has 1 N–H and O–H groups in total. The van der Waals surface area contributed by atoms with Crippen LogP contribution in [0.2, 0.25) is 0 Å².